The number of rotatable bonds is 8. The van der Waals surface area contributed by atoms with Gasteiger partial charge in [0.15, 0.2) is 11.5 Å². The van der Waals surface area contributed by atoms with Gasteiger partial charge >= 0.3 is 11.9 Å². The molecule has 4 heteroatoms. The Morgan fingerprint density at radius 3 is 1.94 bits per heavy atom. The maximum Gasteiger partial charge on any atom is 0.343 e. The summed E-state index contributed by atoms with van der Waals surface area (Å²) >= 11 is 0. The van der Waals surface area contributed by atoms with Gasteiger partial charge in [0.2, 0.25) is 0 Å². The van der Waals surface area contributed by atoms with Crippen LogP contribution in [0.15, 0.2) is 72.8 Å². The van der Waals surface area contributed by atoms with Crippen LogP contribution in [0.2, 0.25) is 0 Å². The first kappa shape index (κ1) is 22.8. The van der Waals surface area contributed by atoms with Crippen LogP contribution in [0.3, 0.4) is 0 Å². The van der Waals surface area contributed by atoms with Crippen molar-refractivity contribution in [2.24, 2.45) is 0 Å². The highest BCUT2D eigenvalue weighted by Crippen LogP contribution is 2.46. The van der Waals surface area contributed by atoms with Crippen molar-refractivity contribution in [2.45, 2.75) is 57.8 Å². The quantitative estimate of drug-likeness (QED) is 0.275. The highest BCUT2D eigenvalue weighted by Gasteiger charge is 2.28. The summed E-state index contributed by atoms with van der Waals surface area (Å²) in [6.45, 7) is 2.17. The van der Waals surface area contributed by atoms with E-state index in [9.17, 15) is 9.59 Å². The molecule has 0 aliphatic heterocycles. The van der Waals surface area contributed by atoms with Crippen molar-refractivity contribution in [3.05, 3.63) is 95.1 Å². The van der Waals surface area contributed by atoms with Crippen molar-refractivity contribution in [1.29, 1.82) is 0 Å². The molecule has 1 fully saturated rings. The van der Waals surface area contributed by atoms with Gasteiger partial charge in [-0.1, -0.05) is 68.7 Å². The summed E-state index contributed by atoms with van der Waals surface area (Å²) in [5.74, 6) is 0.0838. The second kappa shape index (κ2) is 11.0. The second-order valence-corrected chi connectivity index (χ2v) is 8.56. The summed E-state index contributed by atoms with van der Waals surface area (Å²) in [6, 6.07) is 21.6. The number of carbonyl (C=O) groups is 2. The van der Waals surface area contributed by atoms with Crippen LogP contribution in [0, 0.1) is 0 Å². The molecule has 0 aromatic heterocycles. The first-order valence-corrected chi connectivity index (χ1v) is 11.9. The zero-order valence-corrected chi connectivity index (χ0v) is 19.1. The van der Waals surface area contributed by atoms with E-state index in [0.29, 0.717) is 28.5 Å². The fraction of sp³-hybridized carbons (Fsp3) is 0.310. The zero-order chi connectivity index (χ0) is 23.0. The predicted octanol–water partition coefficient (Wildman–Crippen LogP) is 7.13. The Kier molecular flexibility index (Phi) is 7.56. The Balaban J connectivity index is 1.76. The first-order chi connectivity index (χ1) is 16.2. The predicted molar refractivity (Wildman–Crippen MR) is 129 cm³/mol. The maximum absolute atomic E-state index is 13.1. The van der Waals surface area contributed by atoms with Crippen LogP contribution in [0.5, 0.6) is 11.5 Å². The molecule has 4 nitrogen and oxygen atoms in total. The Hall–Kier alpha value is -3.40. The topological polar surface area (TPSA) is 52.6 Å². The minimum Gasteiger partial charge on any atom is -0.419 e. The van der Waals surface area contributed by atoms with Crippen LogP contribution in [-0.4, -0.2) is 11.9 Å². The van der Waals surface area contributed by atoms with Gasteiger partial charge in [-0.15, -0.1) is 0 Å². The van der Waals surface area contributed by atoms with Gasteiger partial charge in [0.25, 0.3) is 0 Å². The molecule has 1 aliphatic carbocycles. The van der Waals surface area contributed by atoms with Crippen LogP contribution < -0.4 is 9.47 Å². The number of carbonyl (C=O) groups excluding carboxylic acids is 2. The molecular formula is C29H30O4. The van der Waals surface area contributed by atoms with Gasteiger partial charge in [0.1, 0.15) is 0 Å². The highest BCUT2D eigenvalue weighted by molar-refractivity contribution is 5.93. The van der Waals surface area contributed by atoms with Gasteiger partial charge < -0.3 is 9.47 Å². The largest absolute Gasteiger partial charge is 0.419 e. The van der Waals surface area contributed by atoms with Gasteiger partial charge in [-0.2, -0.15) is 0 Å². The minimum absolute atomic E-state index is 0.297. The van der Waals surface area contributed by atoms with Gasteiger partial charge in [-0.3, -0.25) is 0 Å². The van der Waals surface area contributed by atoms with Crippen molar-refractivity contribution in [3.63, 3.8) is 0 Å². The second-order valence-electron chi connectivity index (χ2n) is 8.56. The SMILES string of the molecule is CCCCc1ccc(OC(=O)c2ccccc2)c(OC(=O)c2ccccc2)c1C1CCCC1. The van der Waals surface area contributed by atoms with Gasteiger partial charge in [-0.25, -0.2) is 9.59 Å². The van der Waals surface area contributed by atoms with Crippen LogP contribution >= 0.6 is 0 Å². The van der Waals surface area contributed by atoms with Crippen molar-refractivity contribution in [3.8, 4) is 11.5 Å². The standard InChI is InChI=1S/C29H30O4/c1-2-3-12-22-19-20-25(32-28(30)23-15-6-4-7-16-23)27(26(22)21-13-10-11-14-21)33-29(31)24-17-8-5-9-18-24/h4-9,15-21H,2-3,10-14H2,1H3. The number of esters is 2. The Labute approximate surface area is 195 Å². The third kappa shape index (κ3) is 5.51. The molecule has 170 valence electrons. The summed E-state index contributed by atoms with van der Waals surface area (Å²) in [4.78, 5) is 25.9. The molecule has 4 rings (SSSR count). The molecule has 1 aliphatic rings. The van der Waals surface area contributed by atoms with Crippen molar-refractivity contribution < 1.29 is 19.1 Å². The average molecular weight is 443 g/mol. The van der Waals surface area contributed by atoms with Gasteiger partial charge in [0.05, 0.1) is 11.1 Å². The van der Waals surface area contributed by atoms with Gasteiger partial charge in [0, 0.05) is 5.56 Å². The molecule has 0 atom stereocenters. The van der Waals surface area contributed by atoms with Crippen molar-refractivity contribution in [2.75, 3.05) is 0 Å². The highest BCUT2D eigenvalue weighted by atomic mass is 16.6. The van der Waals surface area contributed by atoms with E-state index in [1.807, 2.05) is 30.3 Å². The summed E-state index contributed by atoms with van der Waals surface area (Å²) < 4.78 is 11.8. The van der Waals surface area contributed by atoms with E-state index in [1.54, 1.807) is 42.5 Å². The lowest BCUT2D eigenvalue weighted by molar-refractivity contribution is 0.0680. The Morgan fingerprint density at radius 2 is 1.36 bits per heavy atom. The smallest absolute Gasteiger partial charge is 0.343 e. The van der Waals surface area contributed by atoms with E-state index >= 15 is 0 Å². The molecule has 0 unspecified atom stereocenters. The molecule has 1 saturated carbocycles. The normalized spacial score (nSPS) is 13.6. The number of hydrogen-bond acceptors (Lipinski definition) is 4. The molecule has 0 heterocycles. The van der Waals surface area contributed by atoms with Crippen molar-refractivity contribution >= 4 is 11.9 Å². The van der Waals surface area contributed by atoms with Crippen LogP contribution in [0.1, 0.15) is 83.2 Å². The lowest BCUT2D eigenvalue weighted by Gasteiger charge is -2.22. The fourth-order valence-corrected chi connectivity index (χ4v) is 4.51. The third-order valence-corrected chi connectivity index (χ3v) is 6.23. The lowest BCUT2D eigenvalue weighted by Crippen LogP contribution is -2.15. The molecule has 3 aromatic carbocycles. The molecule has 0 N–H and O–H groups in total. The number of aryl methyl sites for hydroxylation is 1. The van der Waals surface area contributed by atoms with E-state index in [4.69, 9.17) is 9.47 Å². The Morgan fingerprint density at radius 1 is 0.788 bits per heavy atom. The van der Waals surface area contributed by atoms with Crippen LogP contribution in [0.4, 0.5) is 0 Å². The molecule has 0 bridgehead atoms. The Bertz CT molecular complexity index is 1080. The third-order valence-electron chi connectivity index (χ3n) is 6.23. The van der Waals surface area contributed by atoms with E-state index in [0.717, 1.165) is 50.5 Å². The minimum atomic E-state index is -0.466. The van der Waals surface area contributed by atoms with Crippen LogP contribution in [-0.2, 0) is 6.42 Å². The zero-order valence-electron chi connectivity index (χ0n) is 19.1. The van der Waals surface area contributed by atoms with E-state index < -0.39 is 11.9 Å². The summed E-state index contributed by atoms with van der Waals surface area (Å²) in [5.41, 5.74) is 3.13. The summed E-state index contributed by atoms with van der Waals surface area (Å²) in [7, 11) is 0. The monoisotopic (exact) mass is 442 g/mol. The molecule has 0 spiro atoms. The van der Waals surface area contributed by atoms with Crippen molar-refractivity contribution in [1.82, 2.24) is 0 Å². The summed E-state index contributed by atoms with van der Waals surface area (Å²) in [6.07, 6.45) is 7.43. The van der Waals surface area contributed by atoms with Crippen LogP contribution in [0.25, 0.3) is 0 Å². The molecule has 3 aromatic rings. The first-order valence-electron chi connectivity index (χ1n) is 11.9. The summed E-state index contributed by atoms with van der Waals surface area (Å²) in [5, 5.41) is 0. The molecule has 0 amide bonds. The molecule has 33 heavy (non-hydrogen) atoms. The number of hydrogen-bond donors (Lipinski definition) is 0. The fourth-order valence-electron chi connectivity index (χ4n) is 4.51. The van der Waals surface area contributed by atoms with E-state index in [-0.39, 0.29) is 0 Å². The number of unbranched alkanes of at least 4 members (excludes halogenated alkanes) is 1. The molecule has 0 saturated heterocycles. The maximum atomic E-state index is 13.1. The van der Waals surface area contributed by atoms with E-state index in [2.05, 4.69) is 6.92 Å². The number of benzene rings is 3. The molecule has 0 radical (unpaired) electrons. The average Bonchev–Trinajstić information content (AvgIpc) is 3.39. The van der Waals surface area contributed by atoms with E-state index in [1.165, 1.54) is 5.56 Å². The molecular weight excluding hydrogens is 412 g/mol. The van der Waals surface area contributed by atoms with Gasteiger partial charge in [-0.05, 0) is 67.5 Å². The lowest BCUT2D eigenvalue weighted by atomic mass is 9.89. The number of ether oxygens (including phenoxy) is 2.